The van der Waals surface area contributed by atoms with E-state index >= 15 is 0 Å². The van der Waals surface area contributed by atoms with Crippen molar-refractivity contribution in [3.63, 3.8) is 0 Å². The molecule has 7 rings (SSSR count). The first-order valence-corrected chi connectivity index (χ1v) is 16.5. The average Bonchev–Trinajstić information content (AvgIpc) is 3.58. The van der Waals surface area contributed by atoms with E-state index in [9.17, 15) is 4.39 Å². The minimum absolute atomic E-state index is 0.0626. The van der Waals surface area contributed by atoms with Crippen LogP contribution >= 0.6 is 12.2 Å². The van der Waals surface area contributed by atoms with Gasteiger partial charge in [-0.25, -0.2) is 4.39 Å². The Bertz CT molecular complexity index is 1620. The van der Waals surface area contributed by atoms with Crippen LogP contribution in [-0.4, -0.2) is 54.3 Å². The maximum absolute atomic E-state index is 13.7. The van der Waals surface area contributed by atoms with E-state index in [1.807, 2.05) is 12.1 Å². The van der Waals surface area contributed by atoms with E-state index in [1.165, 1.54) is 16.8 Å². The monoisotopic (exact) mass is 621 g/mol. The fourth-order valence-corrected chi connectivity index (χ4v) is 7.31. The van der Waals surface area contributed by atoms with Gasteiger partial charge in [0.1, 0.15) is 17.5 Å². The van der Waals surface area contributed by atoms with Crippen LogP contribution in [0.2, 0.25) is 0 Å². The maximum Gasteiger partial charge on any atom is 0.232 e. The molecule has 2 fully saturated rings. The highest BCUT2D eigenvalue weighted by atomic mass is 32.1. The summed E-state index contributed by atoms with van der Waals surface area (Å²) < 4.78 is 13.7. The van der Waals surface area contributed by atoms with Gasteiger partial charge in [-0.3, -0.25) is 0 Å². The van der Waals surface area contributed by atoms with E-state index < -0.39 is 0 Å². The molecular weight excluding hydrogens is 582 g/mol. The molecule has 0 amide bonds. The van der Waals surface area contributed by atoms with Crippen molar-refractivity contribution in [2.24, 2.45) is 0 Å². The average molecular weight is 622 g/mol. The molecular formula is C36H40FN7S. The SMILES string of the molecule is Fc1ccc(C2(CNC(=S)Nc3nc(N4CCN(c5ccccc5)CC4)cc(N4CCc5ccccc5C4)n3)CCCC2)cc1. The molecule has 0 radical (unpaired) electrons. The summed E-state index contributed by atoms with van der Waals surface area (Å²) in [5.41, 5.74) is 5.11. The Morgan fingerprint density at radius 1 is 0.756 bits per heavy atom. The van der Waals surface area contributed by atoms with Gasteiger partial charge in [-0.1, -0.05) is 67.4 Å². The summed E-state index contributed by atoms with van der Waals surface area (Å²) >= 11 is 5.82. The Morgan fingerprint density at radius 2 is 1.40 bits per heavy atom. The van der Waals surface area contributed by atoms with Crippen molar-refractivity contribution in [2.45, 2.75) is 44.1 Å². The molecule has 1 aromatic heterocycles. The van der Waals surface area contributed by atoms with Gasteiger partial charge in [0.25, 0.3) is 0 Å². The van der Waals surface area contributed by atoms with Crippen molar-refractivity contribution in [1.82, 2.24) is 15.3 Å². The number of piperazine rings is 1. The Hall–Kier alpha value is -4.24. The first kappa shape index (κ1) is 29.5. The topological polar surface area (TPSA) is 59.6 Å². The summed E-state index contributed by atoms with van der Waals surface area (Å²) in [5.74, 6) is 2.12. The lowest BCUT2D eigenvalue weighted by atomic mass is 9.79. The summed E-state index contributed by atoms with van der Waals surface area (Å²) in [4.78, 5) is 17.1. The van der Waals surface area contributed by atoms with Gasteiger partial charge in [0.15, 0.2) is 5.11 Å². The van der Waals surface area contributed by atoms with E-state index in [2.05, 4.69) is 86.0 Å². The number of aromatic nitrogens is 2. The number of thiocarbonyl (C=S) groups is 1. The number of hydrogen-bond donors (Lipinski definition) is 2. The van der Waals surface area contributed by atoms with E-state index in [0.717, 1.165) is 88.6 Å². The molecule has 3 aliphatic rings. The number of nitrogens with zero attached hydrogens (tertiary/aromatic N) is 5. The molecule has 1 aliphatic carbocycles. The van der Waals surface area contributed by atoms with Gasteiger partial charge in [-0.15, -0.1) is 0 Å². The zero-order chi connectivity index (χ0) is 30.6. The standard InChI is InChI=1S/C36H40FN7S/c37-30-14-12-29(13-15-30)36(17-6-7-18-36)26-38-35(45)41-34-39-32(43-22-20-42(21-23-43)31-10-2-1-3-11-31)24-33(40-34)44-19-16-27-8-4-5-9-28(27)25-44/h1-5,8-15,24H,6-7,16-23,25-26H2,(H2,38,39,40,41,45). The lowest BCUT2D eigenvalue weighted by molar-refractivity contribution is 0.434. The fraction of sp³-hybridized carbons (Fsp3) is 0.361. The van der Waals surface area contributed by atoms with E-state index in [-0.39, 0.29) is 11.2 Å². The van der Waals surface area contributed by atoms with Crippen LogP contribution in [0.3, 0.4) is 0 Å². The number of para-hydroxylation sites is 1. The Kier molecular flexibility index (Phi) is 8.52. The third-order valence-corrected chi connectivity index (χ3v) is 9.96. The van der Waals surface area contributed by atoms with Crippen molar-refractivity contribution < 1.29 is 4.39 Å². The highest BCUT2D eigenvalue weighted by Gasteiger charge is 2.35. The highest BCUT2D eigenvalue weighted by molar-refractivity contribution is 7.80. The quantitative estimate of drug-likeness (QED) is 0.233. The fourth-order valence-electron chi connectivity index (χ4n) is 7.14. The van der Waals surface area contributed by atoms with Crippen molar-refractivity contribution in [2.75, 3.05) is 59.3 Å². The van der Waals surface area contributed by atoms with E-state index in [1.54, 1.807) is 12.1 Å². The van der Waals surface area contributed by atoms with Crippen LogP contribution in [0, 0.1) is 5.82 Å². The first-order valence-electron chi connectivity index (χ1n) is 16.1. The predicted molar refractivity (Wildman–Crippen MR) is 185 cm³/mol. The first-order chi connectivity index (χ1) is 22.0. The van der Waals surface area contributed by atoms with Crippen LogP contribution in [0.5, 0.6) is 0 Å². The van der Waals surface area contributed by atoms with Crippen LogP contribution in [0.15, 0.2) is 84.9 Å². The van der Waals surface area contributed by atoms with Gasteiger partial charge in [0.05, 0.1) is 0 Å². The number of benzene rings is 3. The van der Waals surface area contributed by atoms with Crippen molar-refractivity contribution >= 4 is 40.6 Å². The molecule has 45 heavy (non-hydrogen) atoms. The van der Waals surface area contributed by atoms with Gasteiger partial charge in [0, 0.05) is 63.0 Å². The normalized spacial score (nSPS) is 17.6. The molecule has 7 nitrogen and oxygen atoms in total. The molecule has 0 atom stereocenters. The van der Waals surface area contributed by atoms with Crippen molar-refractivity contribution in [1.29, 1.82) is 0 Å². The third kappa shape index (κ3) is 6.59. The maximum atomic E-state index is 13.7. The van der Waals surface area contributed by atoms with Gasteiger partial charge in [-0.2, -0.15) is 9.97 Å². The minimum Gasteiger partial charge on any atom is -0.368 e. The summed E-state index contributed by atoms with van der Waals surface area (Å²) in [6.45, 7) is 5.99. The summed E-state index contributed by atoms with van der Waals surface area (Å²) in [6, 6.07) is 28.4. The summed E-state index contributed by atoms with van der Waals surface area (Å²) in [6.07, 6.45) is 5.40. The third-order valence-electron chi connectivity index (χ3n) is 9.71. The number of anilines is 4. The molecule has 2 N–H and O–H groups in total. The second-order valence-corrected chi connectivity index (χ2v) is 12.9. The smallest absolute Gasteiger partial charge is 0.232 e. The van der Waals surface area contributed by atoms with Gasteiger partial charge < -0.3 is 25.3 Å². The Morgan fingerprint density at radius 3 is 2.13 bits per heavy atom. The zero-order valence-corrected chi connectivity index (χ0v) is 26.4. The molecule has 9 heteroatoms. The molecule has 1 saturated heterocycles. The van der Waals surface area contributed by atoms with Crippen LogP contribution in [-0.2, 0) is 18.4 Å². The van der Waals surface area contributed by atoms with Crippen molar-refractivity contribution in [3.8, 4) is 0 Å². The van der Waals surface area contributed by atoms with Gasteiger partial charge in [-0.05, 0) is 72.4 Å². The predicted octanol–water partition coefficient (Wildman–Crippen LogP) is 6.30. The number of halogens is 1. The lowest BCUT2D eigenvalue weighted by Crippen LogP contribution is -2.47. The van der Waals surface area contributed by atoms with E-state index in [0.29, 0.717) is 17.6 Å². The van der Waals surface area contributed by atoms with Crippen LogP contribution in [0.4, 0.5) is 27.7 Å². The number of nitrogens with one attached hydrogen (secondary N) is 2. The number of hydrogen-bond acceptors (Lipinski definition) is 6. The van der Waals surface area contributed by atoms with E-state index in [4.69, 9.17) is 22.2 Å². The highest BCUT2D eigenvalue weighted by Crippen LogP contribution is 2.40. The molecule has 232 valence electrons. The number of rotatable bonds is 7. The molecule has 3 aromatic carbocycles. The minimum atomic E-state index is -0.205. The Balaban J connectivity index is 1.09. The van der Waals surface area contributed by atoms with Gasteiger partial charge in [0.2, 0.25) is 5.95 Å². The molecule has 0 spiro atoms. The van der Waals surface area contributed by atoms with Crippen LogP contribution < -0.4 is 25.3 Å². The van der Waals surface area contributed by atoms with Crippen molar-refractivity contribution in [3.05, 3.63) is 107 Å². The molecule has 3 heterocycles. The summed E-state index contributed by atoms with van der Waals surface area (Å²) in [7, 11) is 0. The Labute approximate surface area is 270 Å². The second-order valence-electron chi connectivity index (χ2n) is 12.5. The molecule has 4 aromatic rings. The molecule has 0 unspecified atom stereocenters. The second kappa shape index (κ2) is 13.0. The number of fused-ring (bicyclic) bond motifs is 1. The van der Waals surface area contributed by atoms with Gasteiger partial charge >= 0.3 is 0 Å². The molecule has 2 aliphatic heterocycles. The molecule has 0 bridgehead atoms. The molecule has 1 saturated carbocycles. The summed E-state index contributed by atoms with van der Waals surface area (Å²) in [5, 5.41) is 7.31. The zero-order valence-electron chi connectivity index (χ0n) is 25.6. The largest absolute Gasteiger partial charge is 0.368 e. The van der Waals surface area contributed by atoms with Crippen LogP contribution in [0.25, 0.3) is 0 Å². The van der Waals surface area contributed by atoms with Crippen LogP contribution in [0.1, 0.15) is 42.4 Å². The lowest BCUT2D eigenvalue weighted by Gasteiger charge is -2.37.